The molecule has 0 saturated carbocycles. The minimum absolute atomic E-state index is 0.0279. The Morgan fingerprint density at radius 2 is 2.00 bits per heavy atom. The van der Waals surface area contributed by atoms with Gasteiger partial charge in [0.15, 0.2) is 0 Å². The second-order valence-corrected chi connectivity index (χ2v) is 7.48. The molecule has 0 bridgehead atoms. The summed E-state index contributed by atoms with van der Waals surface area (Å²) in [6.07, 6.45) is 4.46. The molecular weight excluding hydrogens is 433 g/mol. The van der Waals surface area contributed by atoms with E-state index in [1.807, 2.05) is 6.07 Å². The first-order chi connectivity index (χ1) is 15.7. The van der Waals surface area contributed by atoms with Gasteiger partial charge in [-0.1, -0.05) is 18.2 Å². The van der Waals surface area contributed by atoms with Crippen molar-refractivity contribution in [1.82, 2.24) is 5.43 Å². The highest BCUT2D eigenvalue weighted by Gasteiger charge is 2.35. The number of ether oxygens (including phenoxy) is 2. The third-order valence-electron chi connectivity index (χ3n) is 5.08. The highest BCUT2D eigenvalue weighted by molar-refractivity contribution is 5.78. The number of hydrogen-bond acceptors (Lipinski definition) is 5. The normalized spacial score (nSPS) is 15.9. The van der Waals surface area contributed by atoms with E-state index < -0.39 is 11.7 Å². The molecule has 0 spiro atoms. The minimum Gasteiger partial charge on any atom is -0.457 e. The minimum atomic E-state index is -4.65. The van der Waals surface area contributed by atoms with E-state index in [0.717, 1.165) is 17.2 Å². The summed E-state index contributed by atoms with van der Waals surface area (Å²) in [5.41, 5.74) is 8.30. The molecule has 1 aliphatic rings. The Hall–Kier alpha value is -3.72. The molecule has 1 unspecified atom stereocenters. The summed E-state index contributed by atoms with van der Waals surface area (Å²) >= 11 is 0. The molecule has 1 aliphatic carbocycles. The summed E-state index contributed by atoms with van der Waals surface area (Å²) in [7, 11) is 0. The van der Waals surface area contributed by atoms with Gasteiger partial charge in [-0.15, -0.1) is 0 Å². The van der Waals surface area contributed by atoms with Crippen molar-refractivity contribution in [1.29, 1.82) is 5.41 Å². The molecule has 6 N–H and O–H groups in total. The summed E-state index contributed by atoms with van der Waals surface area (Å²) in [6, 6.07) is 8.81. The van der Waals surface area contributed by atoms with Crippen LogP contribution < -0.4 is 26.5 Å². The van der Waals surface area contributed by atoms with Gasteiger partial charge in [0, 0.05) is 6.42 Å². The molecule has 2 aromatic rings. The van der Waals surface area contributed by atoms with E-state index in [0.29, 0.717) is 18.6 Å². The van der Waals surface area contributed by atoms with Crippen molar-refractivity contribution in [2.45, 2.75) is 25.9 Å². The largest absolute Gasteiger partial charge is 0.457 e. The van der Waals surface area contributed by atoms with Gasteiger partial charge in [0.05, 0.1) is 0 Å². The Labute approximate surface area is 189 Å². The molecule has 0 fully saturated rings. The fourth-order valence-electron chi connectivity index (χ4n) is 3.41. The molecule has 9 heteroatoms. The van der Waals surface area contributed by atoms with E-state index >= 15 is 0 Å². The average molecular weight is 458 g/mol. The molecule has 2 aromatic carbocycles. The smallest absolute Gasteiger partial charge is 0.420 e. The molecule has 0 aromatic heterocycles. The molecule has 3 rings (SSSR count). The van der Waals surface area contributed by atoms with Crippen LogP contribution in [0.1, 0.15) is 29.5 Å². The zero-order chi connectivity index (χ0) is 24.0. The Kier molecular flexibility index (Phi) is 7.44. The quantitative estimate of drug-likeness (QED) is 0.192. The van der Waals surface area contributed by atoms with Gasteiger partial charge >= 0.3 is 6.18 Å². The maximum Gasteiger partial charge on any atom is 0.420 e. The molecule has 6 nitrogen and oxygen atoms in total. The van der Waals surface area contributed by atoms with Crippen molar-refractivity contribution in [3.8, 4) is 17.2 Å². The maximum atomic E-state index is 13.8. The molecule has 174 valence electrons. The molecule has 1 atom stereocenters. The number of halogens is 3. The van der Waals surface area contributed by atoms with E-state index in [1.165, 1.54) is 18.3 Å². The van der Waals surface area contributed by atoms with Crippen molar-refractivity contribution in [2.75, 3.05) is 0 Å². The van der Waals surface area contributed by atoms with Gasteiger partial charge in [-0.05, 0) is 79.1 Å². The van der Waals surface area contributed by atoms with Crippen molar-refractivity contribution in [3.63, 3.8) is 0 Å². The lowest BCUT2D eigenvalue weighted by Gasteiger charge is -2.20. The van der Waals surface area contributed by atoms with Gasteiger partial charge in [-0.2, -0.15) is 13.2 Å². The second-order valence-electron chi connectivity index (χ2n) is 7.48. The Morgan fingerprint density at radius 3 is 2.70 bits per heavy atom. The Balaban J connectivity index is 1.87. The zero-order valence-corrected chi connectivity index (χ0v) is 17.9. The van der Waals surface area contributed by atoms with Crippen LogP contribution >= 0.6 is 0 Å². The number of nitrogens with two attached hydrogens (primary N) is 2. The lowest BCUT2D eigenvalue weighted by atomic mass is 9.96. The van der Waals surface area contributed by atoms with Crippen molar-refractivity contribution < 1.29 is 22.6 Å². The topological polar surface area (TPSA) is 106 Å². The van der Waals surface area contributed by atoms with Gasteiger partial charge in [0.1, 0.15) is 34.4 Å². The van der Waals surface area contributed by atoms with Crippen LogP contribution in [0.5, 0.6) is 17.2 Å². The number of hydrazine groups is 1. The number of allylic oxidation sites excluding steroid dienone is 3. The van der Waals surface area contributed by atoms with Crippen LogP contribution in [0, 0.1) is 18.3 Å². The third kappa shape index (κ3) is 6.17. The highest BCUT2D eigenvalue weighted by atomic mass is 19.4. The molecule has 0 heterocycles. The summed E-state index contributed by atoms with van der Waals surface area (Å²) < 4.78 is 52.8. The standard InChI is InChI=1S/C24H25F3N4O2/c1-15-17(10-11-28)5-3-7-21(15)32-19-8-9-22(20(14-19)24(25,26)27)33-18-6-2-4-16(12-18)13-23(29)31-30/h2-3,5-12,14,16H,4,13,28,30H2,1H3,(H2,29,31)/b11-10-. The molecule has 0 saturated heterocycles. The maximum absolute atomic E-state index is 13.8. The van der Waals surface area contributed by atoms with Gasteiger partial charge in [-0.25, -0.2) is 5.84 Å². The van der Waals surface area contributed by atoms with Gasteiger partial charge < -0.3 is 20.6 Å². The van der Waals surface area contributed by atoms with Crippen LogP contribution in [0.15, 0.2) is 66.6 Å². The Bertz CT molecular complexity index is 1110. The number of nitrogens with one attached hydrogen (secondary N) is 2. The lowest BCUT2D eigenvalue weighted by molar-refractivity contribution is -0.138. The van der Waals surface area contributed by atoms with Crippen LogP contribution in [-0.2, 0) is 6.18 Å². The highest BCUT2D eigenvalue weighted by Crippen LogP contribution is 2.41. The number of hydrogen-bond donors (Lipinski definition) is 4. The first-order valence-electron chi connectivity index (χ1n) is 10.2. The zero-order valence-electron chi connectivity index (χ0n) is 17.9. The summed E-state index contributed by atoms with van der Waals surface area (Å²) in [6.45, 7) is 1.80. The first kappa shape index (κ1) is 23.9. The van der Waals surface area contributed by atoms with Crippen molar-refractivity contribution in [2.24, 2.45) is 17.5 Å². The number of amidine groups is 1. The number of alkyl halides is 3. The molecular formula is C24H25F3N4O2. The van der Waals surface area contributed by atoms with Crippen molar-refractivity contribution >= 4 is 11.9 Å². The van der Waals surface area contributed by atoms with E-state index in [1.54, 1.807) is 43.4 Å². The predicted molar refractivity (Wildman–Crippen MR) is 122 cm³/mol. The van der Waals surface area contributed by atoms with Crippen LogP contribution in [-0.4, -0.2) is 5.84 Å². The average Bonchev–Trinajstić information content (AvgIpc) is 2.77. The van der Waals surface area contributed by atoms with Gasteiger partial charge in [0.25, 0.3) is 0 Å². The lowest BCUT2D eigenvalue weighted by Crippen LogP contribution is -2.31. The molecule has 0 amide bonds. The third-order valence-corrected chi connectivity index (χ3v) is 5.08. The van der Waals surface area contributed by atoms with E-state index in [2.05, 4.69) is 5.43 Å². The van der Waals surface area contributed by atoms with E-state index in [9.17, 15) is 13.2 Å². The molecule has 0 radical (unpaired) electrons. The second kappa shape index (κ2) is 10.3. The summed E-state index contributed by atoms with van der Waals surface area (Å²) in [5.74, 6) is 5.63. The molecule has 33 heavy (non-hydrogen) atoms. The Morgan fingerprint density at radius 1 is 1.21 bits per heavy atom. The van der Waals surface area contributed by atoms with Gasteiger partial charge in [0.2, 0.25) is 0 Å². The molecule has 0 aliphatic heterocycles. The SMILES string of the molecule is Cc1c(/C=C\N)cccc1Oc1ccc(OC2=CC(CC(=N)NN)CC=C2)c(C(F)(F)F)c1. The van der Waals surface area contributed by atoms with E-state index in [-0.39, 0.29) is 29.0 Å². The summed E-state index contributed by atoms with van der Waals surface area (Å²) in [4.78, 5) is 0. The van der Waals surface area contributed by atoms with Crippen LogP contribution in [0.2, 0.25) is 0 Å². The fourth-order valence-corrected chi connectivity index (χ4v) is 3.41. The van der Waals surface area contributed by atoms with Gasteiger partial charge in [-0.3, -0.25) is 5.41 Å². The number of rotatable bonds is 7. The van der Waals surface area contributed by atoms with Crippen LogP contribution in [0.4, 0.5) is 13.2 Å². The van der Waals surface area contributed by atoms with Crippen LogP contribution in [0.3, 0.4) is 0 Å². The monoisotopic (exact) mass is 458 g/mol. The van der Waals surface area contributed by atoms with E-state index in [4.69, 9.17) is 26.5 Å². The predicted octanol–water partition coefficient (Wildman–Crippen LogP) is 5.40. The van der Waals surface area contributed by atoms with Crippen LogP contribution in [0.25, 0.3) is 6.08 Å². The number of benzene rings is 2. The fraction of sp³-hybridized carbons (Fsp3) is 0.208. The van der Waals surface area contributed by atoms with Crippen molar-refractivity contribution in [3.05, 3.63) is 83.3 Å². The first-order valence-corrected chi connectivity index (χ1v) is 10.2. The summed E-state index contributed by atoms with van der Waals surface area (Å²) in [5, 5.41) is 7.64.